The number of H-pyrrole nitrogens is 1. The quantitative estimate of drug-likeness (QED) is 0.340. The zero-order chi connectivity index (χ0) is 22.0. The molecule has 0 bridgehead atoms. The number of nitrogens with zero attached hydrogens (tertiary/aromatic N) is 2. The fraction of sp³-hybridized carbons (Fsp3) is 0.238. The van der Waals surface area contributed by atoms with Gasteiger partial charge in [0.15, 0.2) is 10.8 Å². The van der Waals surface area contributed by atoms with Gasteiger partial charge in [0, 0.05) is 17.1 Å². The first-order valence-electron chi connectivity index (χ1n) is 9.57. The molecule has 1 fully saturated rings. The van der Waals surface area contributed by atoms with Gasteiger partial charge in [-0.25, -0.2) is 22.8 Å². The molecule has 3 aromatic heterocycles. The first-order valence-corrected chi connectivity index (χ1v) is 13.0. The molecule has 0 atom stereocenters. The lowest BCUT2D eigenvalue weighted by Gasteiger charge is -2.34. The summed E-state index contributed by atoms with van der Waals surface area (Å²) in [7, 11) is -4.19. The maximum atomic E-state index is 15.8. The highest BCUT2D eigenvalue weighted by Gasteiger charge is 2.39. The average molecular weight is 569 g/mol. The predicted molar refractivity (Wildman–Crippen MR) is 124 cm³/mol. The van der Waals surface area contributed by atoms with E-state index in [2.05, 4.69) is 15.0 Å². The highest BCUT2D eigenvalue weighted by Crippen LogP contribution is 2.46. The van der Waals surface area contributed by atoms with Crippen molar-refractivity contribution in [3.05, 3.63) is 56.6 Å². The largest absolute Gasteiger partial charge is 0.383 e. The number of halogens is 2. The summed E-state index contributed by atoms with van der Waals surface area (Å²) in [6.07, 6.45) is 3.64. The maximum absolute atomic E-state index is 15.8. The molecule has 31 heavy (non-hydrogen) atoms. The summed E-state index contributed by atoms with van der Waals surface area (Å²) in [5, 5.41) is 11.0. The molecule has 0 spiro atoms. The molecule has 1 aromatic carbocycles. The third-order valence-corrected chi connectivity index (χ3v) is 9.03. The lowest BCUT2D eigenvalue weighted by Crippen LogP contribution is -2.33. The summed E-state index contributed by atoms with van der Waals surface area (Å²) in [6.45, 7) is 1.84. The number of nitrogens with one attached hydrogen (secondary N) is 1. The highest BCUT2D eigenvalue weighted by molar-refractivity contribution is 14.1. The molecule has 0 radical (unpaired) electrons. The standard InChI is InChI=1S/C21H17FIN3O3S2/c1-11-3-5-12(6-4-11)31(28,29)19-17(22)16(13-9-15(23)25-18(13)26-19)14-10-24-20(30-14)21(27)7-2-8-21/h3-6,9-10,27H,2,7-8H2,1H3,(H,25,26). The second kappa shape index (κ2) is 7.32. The Morgan fingerprint density at radius 2 is 1.97 bits per heavy atom. The van der Waals surface area contributed by atoms with Crippen molar-refractivity contribution >= 4 is 54.8 Å². The van der Waals surface area contributed by atoms with E-state index >= 15 is 4.39 Å². The molecule has 0 amide bonds. The van der Waals surface area contributed by atoms with Crippen LogP contribution in [0.25, 0.3) is 21.5 Å². The van der Waals surface area contributed by atoms with E-state index in [9.17, 15) is 13.5 Å². The summed E-state index contributed by atoms with van der Waals surface area (Å²) in [4.78, 5) is 11.9. The van der Waals surface area contributed by atoms with Gasteiger partial charge in [-0.3, -0.25) is 0 Å². The van der Waals surface area contributed by atoms with Crippen LogP contribution < -0.4 is 0 Å². The number of hydrogen-bond acceptors (Lipinski definition) is 6. The van der Waals surface area contributed by atoms with Gasteiger partial charge in [-0.1, -0.05) is 17.7 Å². The minimum Gasteiger partial charge on any atom is -0.383 e. The SMILES string of the molecule is Cc1ccc(S(=O)(=O)c2nc3[nH]c(I)cc3c(-c3cnc(C4(O)CCC4)s3)c2F)cc1. The highest BCUT2D eigenvalue weighted by atomic mass is 127. The second-order valence-electron chi connectivity index (χ2n) is 7.72. The molecule has 3 heterocycles. The van der Waals surface area contributed by atoms with E-state index < -0.39 is 26.3 Å². The number of aryl methyl sites for hydroxylation is 1. The van der Waals surface area contributed by atoms with E-state index in [1.807, 2.05) is 29.5 Å². The van der Waals surface area contributed by atoms with E-state index in [1.54, 1.807) is 18.2 Å². The number of fused-ring (bicyclic) bond motifs is 1. The Bertz CT molecular complexity index is 1420. The number of thiazole rings is 1. The third-order valence-electron chi connectivity index (χ3n) is 5.57. The van der Waals surface area contributed by atoms with Crippen LogP contribution >= 0.6 is 33.9 Å². The van der Waals surface area contributed by atoms with Gasteiger partial charge in [0.25, 0.3) is 0 Å². The molecule has 0 saturated heterocycles. The molecule has 2 N–H and O–H groups in total. The van der Waals surface area contributed by atoms with Gasteiger partial charge in [0.1, 0.15) is 16.3 Å². The van der Waals surface area contributed by atoms with E-state index in [0.29, 0.717) is 31.8 Å². The van der Waals surface area contributed by atoms with E-state index in [1.165, 1.54) is 29.7 Å². The molecule has 1 aliphatic rings. The van der Waals surface area contributed by atoms with Crippen LogP contribution in [0.2, 0.25) is 0 Å². The Balaban J connectivity index is 1.74. The zero-order valence-electron chi connectivity index (χ0n) is 16.3. The van der Waals surface area contributed by atoms with Crippen molar-refractivity contribution in [3.63, 3.8) is 0 Å². The molecule has 6 nitrogen and oxygen atoms in total. The Hall–Kier alpha value is -1.89. The number of aliphatic hydroxyl groups is 1. The number of aromatic amines is 1. The smallest absolute Gasteiger partial charge is 0.226 e. The fourth-order valence-corrected chi connectivity index (χ4v) is 6.59. The minimum absolute atomic E-state index is 0.0233. The second-order valence-corrected chi connectivity index (χ2v) is 11.8. The molecule has 160 valence electrons. The van der Waals surface area contributed by atoms with E-state index in [4.69, 9.17) is 0 Å². The van der Waals surface area contributed by atoms with E-state index in [0.717, 1.165) is 12.0 Å². The molecule has 5 rings (SSSR count). The Kier molecular flexibility index (Phi) is 4.96. The third kappa shape index (κ3) is 3.40. The average Bonchev–Trinajstić information content (AvgIpc) is 3.32. The summed E-state index contributed by atoms with van der Waals surface area (Å²) >= 11 is 3.23. The normalized spacial score (nSPS) is 15.9. The molecular weight excluding hydrogens is 552 g/mol. The van der Waals surface area contributed by atoms with Gasteiger partial charge in [-0.05, 0) is 67.0 Å². The number of aromatic nitrogens is 3. The minimum atomic E-state index is -4.19. The number of sulfone groups is 1. The zero-order valence-corrected chi connectivity index (χ0v) is 20.1. The van der Waals surface area contributed by atoms with Crippen molar-refractivity contribution < 1.29 is 17.9 Å². The summed E-state index contributed by atoms with van der Waals surface area (Å²) < 4.78 is 43.0. The lowest BCUT2D eigenvalue weighted by molar-refractivity contribution is -0.0389. The van der Waals surface area contributed by atoms with Crippen LogP contribution in [0.4, 0.5) is 4.39 Å². The van der Waals surface area contributed by atoms with Crippen molar-refractivity contribution in [1.29, 1.82) is 0 Å². The van der Waals surface area contributed by atoms with Gasteiger partial charge in [0.2, 0.25) is 9.84 Å². The van der Waals surface area contributed by atoms with Crippen LogP contribution in [0.15, 0.2) is 46.5 Å². The lowest BCUT2D eigenvalue weighted by atomic mass is 9.81. The Morgan fingerprint density at radius 1 is 1.26 bits per heavy atom. The monoisotopic (exact) mass is 569 g/mol. The summed E-state index contributed by atoms with van der Waals surface area (Å²) in [6, 6.07) is 7.95. The Morgan fingerprint density at radius 3 is 2.61 bits per heavy atom. The summed E-state index contributed by atoms with van der Waals surface area (Å²) in [5.41, 5.74) is 0.327. The number of pyridine rings is 1. The molecule has 10 heteroatoms. The van der Waals surface area contributed by atoms with Crippen LogP contribution in [0, 0.1) is 16.4 Å². The number of benzene rings is 1. The van der Waals surface area contributed by atoms with Crippen LogP contribution in [-0.4, -0.2) is 28.5 Å². The van der Waals surface area contributed by atoms with Gasteiger partial charge < -0.3 is 10.1 Å². The van der Waals surface area contributed by atoms with Gasteiger partial charge in [0.05, 0.1) is 13.5 Å². The van der Waals surface area contributed by atoms with Crippen molar-refractivity contribution in [1.82, 2.24) is 15.0 Å². The van der Waals surface area contributed by atoms with Gasteiger partial charge >= 0.3 is 0 Å². The number of hydrogen-bond donors (Lipinski definition) is 2. The van der Waals surface area contributed by atoms with Crippen LogP contribution in [0.5, 0.6) is 0 Å². The van der Waals surface area contributed by atoms with Crippen LogP contribution in [-0.2, 0) is 15.4 Å². The first kappa shape index (κ1) is 21.0. The predicted octanol–water partition coefficient (Wildman–Crippen LogP) is 4.94. The molecule has 0 aliphatic heterocycles. The molecule has 1 aliphatic carbocycles. The first-order chi connectivity index (χ1) is 14.7. The van der Waals surface area contributed by atoms with Gasteiger partial charge in [-0.2, -0.15) is 0 Å². The maximum Gasteiger partial charge on any atom is 0.226 e. The number of rotatable bonds is 4. The molecule has 0 unspecified atom stereocenters. The topological polar surface area (TPSA) is 95.9 Å². The fourth-order valence-electron chi connectivity index (χ4n) is 3.64. The van der Waals surface area contributed by atoms with Crippen molar-refractivity contribution in [2.75, 3.05) is 0 Å². The summed E-state index contributed by atoms with van der Waals surface area (Å²) in [5.74, 6) is -0.917. The molecule has 4 aromatic rings. The van der Waals surface area contributed by atoms with Crippen LogP contribution in [0.3, 0.4) is 0 Å². The molecular formula is C21H17FIN3O3S2. The van der Waals surface area contributed by atoms with Crippen molar-refractivity contribution in [2.24, 2.45) is 0 Å². The van der Waals surface area contributed by atoms with Crippen LogP contribution in [0.1, 0.15) is 29.8 Å². The van der Waals surface area contributed by atoms with Crippen molar-refractivity contribution in [3.8, 4) is 10.4 Å². The molecule has 1 saturated carbocycles. The van der Waals surface area contributed by atoms with Gasteiger partial charge in [-0.15, -0.1) is 11.3 Å². The Labute approximate surface area is 195 Å². The van der Waals surface area contributed by atoms with Crippen molar-refractivity contribution in [2.45, 2.75) is 41.7 Å². The van der Waals surface area contributed by atoms with E-state index in [-0.39, 0.29) is 16.1 Å².